The van der Waals surface area contributed by atoms with Crippen LogP contribution in [0.2, 0.25) is 0 Å². The van der Waals surface area contributed by atoms with Crippen molar-refractivity contribution in [1.29, 1.82) is 0 Å². The maximum atomic E-state index is 11.5. The summed E-state index contributed by atoms with van der Waals surface area (Å²) in [5.41, 5.74) is 1.19. The van der Waals surface area contributed by atoms with Gasteiger partial charge in [-0.05, 0) is 12.8 Å². The molecule has 0 aromatic carbocycles. The largest absolute Gasteiger partial charge is 0.165 e. The van der Waals surface area contributed by atoms with Gasteiger partial charge in [-0.15, -0.1) is 0 Å². The van der Waals surface area contributed by atoms with Crippen LogP contribution >= 0.6 is 12.1 Å². The molecule has 2 heteroatoms. The van der Waals surface area contributed by atoms with E-state index in [9.17, 15) is 3.89 Å². The Hall–Kier alpha value is 0.0200. The molecule has 0 bridgehead atoms. The smallest absolute Gasteiger partial charge is 0.0484 e. The Labute approximate surface area is 47.1 Å². The Bertz CT molecular complexity index is 82.1. The molecule has 0 nitrogen and oxygen atoms in total. The van der Waals surface area contributed by atoms with Crippen molar-refractivity contribution < 1.29 is 3.89 Å². The van der Waals surface area contributed by atoms with Gasteiger partial charge in [-0.2, -0.15) is 3.89 Å². The van der Waals surface area contributed by atoms with Gasteiger partial charge in [0.2, 0.25) is 0 Å². The third-order valence-electron chi connectivity index (χ3n) is 1.16. The number of hydrogen-bond donors (Lipinski definition) is 0. The first-order valence-corrected chi connectivity index (χ1v) is 3.05. The molecule has 40 valence electrons. The van der Waals surface area contributed by atoms with E-state index in [0.29, 0.717) is 12.1 Å². The first-order chi connectivity index (χ1) is 3.33. The van der Waals surface area contributed by atoms with Crippen LogP contribution in [0.25, 0.3) is 0 Å². The maximum Gasteiger partial charge on any atom is 0.0484 e. The molecule has 0 saturated heterocycles. The number of allylic oxidation sites excluding steroid dienone is 1. The van der Waals surface area contributed by atoms with Crippen molar-refractivity contribution in [2.75, 3.05) is 0 Å². The predicted octanol–water partition coefficient (Wildman–Crippen LogP) is 2.32. The van der Waals surface area contributed by atoms with Crippen LogP contribution in [0.3, 0.4) is 0 Å². The van der Waals surface area contributed by atoms with Crippen molar-refractivity contribution in [2.45, 2.75) is 18.1 Å². The molecule has 0 amide bonds. The maximum absolute atomic E-state index is 11.5. The standard InChI is InChI=1S/C5H7FS/c1-4-2-5(3-4)7-6/h5H,1-3H2. The van der Waals surface area contributed by atoms with Crippen molar-refractivity contribution >= 4 is 12.1 Å². The second-order valence-electron chi connectivity index (χ2n) is 1.87. The average Bonchev–Trinajstić information content (AvgIpc) is 1.58. The van der Waals surface area contributed by atoms with E-state index < -0.39 is 0 Å². The van der Waals surface area contributed by atoms with Crippen molar-refractivity contribution in [2.24, 2.45) is 0 Å². The van der Waals surface area contributed by atoms with Crippen LogP contribution in [-0.4, -0.2) is 5.25 Å². The molecule has 1 saturated carbocycles. The molecular weight excluding hydrogens is 111 g/mol. The Morgan fingerprint density at radius 3 is 2.43 bits per heavy atom. The zero-order valence-electron chi connectivity index (χ0n) is 3.98. The molecule has 0 N–H and O–H groups in total. The summed E-state index contributed by atoms with van der Waals surface area (Å²) in [6, 6.07) is 0. The van der Waals surface area contributed by atoms with Gasteiger partial charge in [-0.1, -0.05) is 12.2 Å². The molecule has 7 heavy (non-hydrogen) atoms. The lowest BCUT2D eigenvalue weighted by Crippen LogP contribution is -2.14. The van der Waals surface area contributed by atoms with Gasteiger partial charge >= 0.3 is 0 Å². The Morgan fingerprint density at radius 1 is 1.71 bits per heavy atom. The van der Waals surface area contributed by atoms with Gasteiger partial charge in [-0.25, -0.2) is 0 Å². The molecule has 0 radical (unpaired) electrons. The summed E-state index contributed by atoms with van der Waals surface area (Å²) in [5.74, 6) is 0. The predicted molar refractivity (Wildman–Crippen MR) is 30.9 cm³/mol. The summed E-state index contributed by atoms with van der Waals surface area (Å²) in [4.78, 5) is 0. The lowest BCUT2D eigenvalue weighted by atomic mass is 9.94. The lowest BCUT2D eigenvalue weighted by Gasteiger charge is -2.23. The fourth-order valence-corrected chi connectivity index (χ4v) is 1.24. The van der Waals surface area contributed by atoms with Gasteiger partial charge in [0.25, 0.3) is 0 Å². The first-order valence-electron chi connectivity index (χ1n) is 2.27. The zero-order chi connectivity index (χ0) is 5.28. The normalized spacial score (nSPS) is 22.1. The molecule has 1 fully saturated rings. The Morgan fingerprint density at radius 2 is 2.29 bits per heavy atom. The number of halogens is 1. The van der Waals surface area contributed by atoms with E-state index in [-0.39, 0.29) is 5.25 Å². The minimum Gasteiger partial charge on any atom is -0.165 e. The summed E-state index contributed by atoms with van der Waals surface area (Å²) >= 11 is 0.454. The summed E-state index contributed by atoms with van der Waals surface area (Å²) in [6.07, 6.45) is 1.78. The fourth-order valence-electron chi connectivity index (χ4n) is 0.647. The van der Waals surface area contributed by atoms with Gasteiger partial charge in [0.1, 0.15) is 0 Å². The average molecular weight is 118 g/mol. The summed E-state index contributed by atoms with van der Waals surface area (Å²) in [5, 5.41) is 0.243. The van der Waals surface area contributed by atoms with E-state index in [4.69, 9.17) is 0 Å². The summed E-state index contributed by atoms with van der Waals surface area (Å²) in [7, 11) is 0. The Balaban J connectivity index is 2.17. The van der Waals surface area contributed by atoms with Crippen LogP contribution in [-0.2, 0) is 0 Å². The highest BCUT2D eigenvalue weighted by Gasteiger charge is 2.21. The van der Waals surface area contributed by atoms with Gasteiger partial charge in [0, 0.05) is 17.4 Å². The van der Waals surface area contributed by atoms with E-state index in [1.165, 1.54) is 5.57 Å². The van der Waals surface area contributed by atoms with E-state index >= 15 is 0 Å². The summed E-state index contributed by atoms with van der Waals surface area (Å²) in [6.45, 7) is 3.68. The topological polar surface area (TPSA) is 0 Å². The van der Waals surface area contributed by atoms with Crippen molar-refractivity contribution in [1.82, 2.24) is 0 Å². The van der Waals surface area contributed by atoms with Crippen molar-refractivity contribution in [3.8, 4) is 0 Å². The zero-order valence-corrected chi connectivity index (χ0v) is 4.80. The molecule has 0 spiro atoms. The third-order valence-corrected chi connectivity index (χ3v) is 1.74. The van der Waals surface area contributed by atoms with Crippen LogP contribution in [0.1, 0.15) is 12.8 Å². The van der Waals surface area contributed by atoms with Gasteiger partial charge in [-0.3, -0.25) is 0 Å². The van der Waals surface area contributed by atoms with Gasteiger partial charge in [0.05, 0.1) is 0 Å². The monoisotopic (exact) mass is 118 g/mol. The van der Waals surface area contributed by atoms with Crippen molar-refractivity contribution in [3.63, 3.8) is 0 Å². The minimum absolute atomic E-state index is 0.243. The molecule has 0 aliphatic heterocycles. The summed E-state index contributed by atoms with van der Waals surface area (Å²) < 4.78 is 11.5. The quantitative estimate of drug-likeness (QED) is 0.476. The first kappa shape index (κ1) is 5.16. The van der Waals surface area contributed by atoms with Crippen LogP contribution in [0.4, 0.5) is 3.89 Å². The van der Waals surface area contributed by atoms with Gasteiger partial charge < -0.3 is 0 Å². The molecular formula is C5H7FS. The molecule has 0 unspecified atom stereocenters. The second-order valence-corrected chi connectivity index (χ2v) is 2.71. The van der Waals surface area contributed by atoms with Crippen molar-refractivity contribution in [3.05, 3.63) is 12.2 Å². The molecule has 0 aromatic heterocycles. The Kier molecular flexibility index (Phi) is 1.38. The lowest BCUT2D eigenvalue weighted by molar-refractivity contribution is 0.671. The van der Waals surface area contributed by atoms with Crippen LogP contribution in [0, 0.1) is 0 Å². The molecule has 1 aliphatic carbocycles. The molecule has 1 aliphatic rings. The number of hydrogen-bond acceptors (Lipinski definition) is 1. The highest BCUT2D eigenvalue weighted by Crippen LogP contribution is 2.35. The minimum atomic E-state index is 0.243. The van der Waals surface area contributed by atoms with Crippen LogP contribution in [0.5, 0.6) is 0 Å². The van der Waals surface area contributed by atoms with E-state index in [1.54, 1.807) is 0 Å². The van der Waals surface area contributed by atoms with Gasteiger partial charge in [0.15, 0.2) is 0 Å². The SMILES string of the molecule is C=C1CC(SF)C1. The molecule has 0 heterocycles. The second kappa shape index (κ2) is 1.86. The molecule has 0 atom stereocenters. The van der Waals surface area contributed by atoms with Crippen LogP contribution in [0.15, 0.2) is 12.2 Å². The third kappa shape index (κ3) is 0.969. The molecule has 1 rings (SSSR count). The van der Waals surface area contributed by atoms with E-state index in [1.807, 2.05) is 0 Å². The fraction of sp³-hybridized carbons (Fsp3) is 0.600. The van der Waals surface area contributed by atoms with E-state index in [2.05, 4.69) is 6.58 Å². The highest BCUT2D eigenvalue weighted by atomic mass is 32.2. The van der Waals surface area contributed by atoms with Crippen LogP contribution < -0.4 is 0 Å². The number of rotatable bonds is 1. The van der Waals surface area contributed by atoms with E-state index in [0.717, 1.165) is 12.8 Å². The highest BCUT2D eigenvalue weighted by molar-refractivity contribution is 7.95. The molecule has 0 aromatic rings.